The number of aryl methyl sites for hydroxylation is 1. The summed E-state index contributed by atoms with van der Waals surface area (Å²) in [6.07, 6.45) is 0. The number of hydrogen-bond acceptors (Lipinski definition) is 4. The second-order valence-corrected chi connectivity index (χ2v) is 3.77. The molecule has 1 aromatic rings. The van der Waals surface area contributed by atoms with E-state index in [-0.39, 0.29) is 0 Å². The van der Waals surface area contributed by atoms with Crippen molar-refractivity contribution in [2.24, 2.45) is 0 Å². The van der Waals surface area contributed by atoms with Gasteiger partial charge in [-0.15, -0.1) is 9.24 Å². The van der Waals surface area contributed by atoms with Gasteiger partial charge in [-0.1, -0.05) is 29.8 Å². The van der Waals surface area contributed by atoms with Crippen molar-refractivity contribution in [1.82, 2.24) is 0 Å². The van der Waals surface area contributed by atoms with Gasteiger partial charge in [0.25, 0.3) is 0 Å². The summed E-state index contributed by atoms with van der Waals surface area (Å²) in [6, 6.07) is 8.37. The lowest BCUT2D eigenvalue weighted by molar-refractivity contribution is -1.92. The molecule has 0 aliphatic carbocycles. The molecule has 0 aromatic heterocycles. The van der Waals surface area contributed by atoms with Crippen LogP contribution in [-0.2, 0) is 0 Å². The maximum Gasteiger partial charge on any atom is 0.0777 e. The quantitative estimate of drug-likeness (QED) is 0.488. The van der Waals surface area contributed by atoms with E-state index in [9.17, 15) is 0 Å². The van der Waals surface area contributed by atoms with Crippen LogP contribution in [0.4, 0.5) is 0 Å². The third-order valence-corrected chi connectivity index (χ3v) is 1.46. The lowest BCUT2D eigenvalue weighted by atomic mass is 10.2. The molecule has 0 radical (unpaired) electrons. The SMILES string of the molecule is Cc1ccc(P)cc1.[O-][Cl+3]([O-])([O-])O. The standard InChI is InChI=1S/C7H9P.ClHO4/c1-6-2-4-7(8)5-3-6;2-1(3,4)5/h2-5H,8H2,1H3;(H,2,3,4,5). The van der Waals surface area contributed by atoms with Crippen molar-refractivity contribution in [2.75, 3.05) is 0 Å². The summed E-state index contributed by atoms with van der Waals surface area (Å²) < 4.78 is 32.7. The smallest absolute Gasteiger partial charge is 0.0777 e. The molecule has 1 atom stereocenters. The van der Waals surface area contributed by atoms with E-state index >= 15 is 0 Å². The Morgan fingerprint density at radius 2 is 1.46 bits per heavy atom. The minimum Gasteiger partial charge on any atom is -0.183 e. The monoisotopic (exact) mass is 224 g/mol. The van der Waals surface area contributed by atoms with Gasteiger partial charge in [-0.2, -0.15) is 14.0 Å². The van der Waals surface area contributed by atoms with E-state index in [0.717, 1.165) is 0 Å². The first-order valence-corrected chi connectivity index (χ1v) is 5.08. The van der Waals surface area contributed by atoms with Gasteiger partial charge in [0.1, 0.15) is 0 Å². The summed E-state index contributed by atoms with van der Waals surface area (Å²) in [6.45, 7) is 2.09. The first-order chi connectivity index (χ1) is 5.79. The highest BCUT2D eigenvalue weighted by molar-refractivity contribution is 7.27. The second kappa shape index (κ2) is 5.50. The van der Waals surface area contributed by atoms with Crippen molar-refractivity contribution >= 4 is 14.5 Å². The number of hydrogen-bond donors (Lipinski definition) is 1. The number of rotatable bonds is 0. The van der Waals surface area contributed by atoms with Gasteiger partial charge in [-0.25, -0.2) is 0 Å². The molecule has 0 bridgehead atoms. The molecule has 0 saturated heterocycles. The fourth-order valence-corrected chi connectivity index (χ4v) is 0.759. The van der Waals surface area contributed by atoms with Gasteiger partial charge in [0, 0.05) is 0 Å². The van der Waals surface area contributed by atoms with E-state index in [1.54, 1.807) is 0 Å². The van der Waals surface area contributed by atoms with Crippen LogP contribution in [0.2, 0.25) is 0 Å². The molecular formula is C7H10ClO4P. The lowest BCUT2D eigenvalue weighted by Crippen LogP contribution is -2.58. The predicted octanol–water partition coefficient (Wildman–Crippen LogP) is -2.63. The third kappa shape index (κ3) is 11.8. The van der Waals surface area contributed by atoms with Gasteiger partial charge < -0.3 is 0 Å². The van der Waals surface area contributed by atoms with Crippen molar-refractivity contribution in [2.45, 2.75) is 6.92 Å². The third-order valence-electron chi connectivity index (χ3n) is 1.08. The van der Waals surface area contributed by atoms with E-state index in [0.29, 0.717) is 0 Å². The maximum absolute atomic E-state index is 8.60. The van der Waals surface area contributed by atoms with Gasteiger partial charge in [0.05, 0.1) is 14.9 Å². The molecule has 13 heavy (non-hydrogen) atoms. The molecule has 0 saturated carbocycles. The minimum absolute atomic E-state index is 1.25. The van der Waals surface area contributed by atoms with Crippen LogP contribution in [0.15, 0.2) is 24.3 Å². The summed E-state index contributed by atoms with van der Waals surface area (Å²) in [4.78, 5) is 0. The fraction of sp³-hybridized carbons (Fsp3) is 0.143. The molecule has 1 N–H and O–H groups in total. The summed E-state index contributed by atoms with van der Waals surface area (Å²) in [5, 5.41) is 1.25. The molecule has 0 fully saturated rings. The van der Waals surface area contributed by atoms with Crippen molar-refractivity contribution < 1.29 is 28.9 Å². The largest absolute Gasteiger partial charge is 0.183 e. The summed E-state index contributed by atoms with van der Waals surface area (Å²) in [7, 11) is -2.04. The van der Waals surface area contributed by atoms with Crippen LogP contribution in [0.5, 0.6) is 0 Å². The fourth-order valence-electron chi connectivity index (χ4n) is 0.566. The predicted molar refractivity (Wildman–Crippen MR) is 42.7 cm³/mol. The normalized spacial score (nSPS) is 10.3. The zero-order chi connectivity index (χ0) is 10.5. The Morgan fingerprint density at radius 3 is 1.69 bits per heavy atom. The average molecular weight is 225 g/mol. The van der Waals surface area contributed by atoms with Gasteiger partial charge in [-0.3, -0.25) is 0 Å². The lowest BCUT2D eigenvalue weighted by Gasteiger charge is -2.03. The van der Waals surface area contributed by atoms with E-state index in [4.69, 9.17) is 18.6 Å². The van der Waals surface area contributed by atoms with E-state index in [1.165, 1.54) is 10.9 Å². The van der Waals surface area contributed by atoms with Crippen LogP contribution in [0.3, 0.4) is 0 Å². The molecule has 0 aliphatic heterocycles. The number of halogens is 1. The average Bonchev–Trinajstić information content (AvgIpc) is 1.92. The molecule has 4 nitrogen and oxygen atoms in total. The van der Waals surface area contributed by atoms with E-state index in [1.807, 2.05) is 0 Å². The molecule has 0 aliphatic rings. The Morgan fingerprint density at radius 1 is 1.15 bits per heavy atom. The summed E-state index contributed by atoms with van der Waals surface area (Å²) >= 11 is 0. The van der Waals surface area contributed by atoms with Crippen LogP contribution in [0.25, 0.3) is 0 Å². The van der Waals surface area contributed by atoms with Crippen LogP contribution >= 0.6 is 9.24 Å². The minimum atomic E-state index is -4.69. The van der Waals surface area contributed by atoms with Crippen LogP contribution in [0, 0.1) is 17.2 Å². The molecule has 0 amide bonds. The topological polar surface area (TPSA) is 89.4 Å². The van der Waals surface area contributed by atoms with Gasteiger partial charge >= 0.3 is 0 Å². The zero-order valence-electron chi connectivity index (χ0n) is 6.94. The molecule has 0 spiro atoms. The highest BCUT2D eigenvalue weighted by atomic mass is 35.7. The van der Waals surface area contributed by atoms with Crippen molar-refractivity contribution in [3.8, 4) is 0 Å². The Hall–Kier alpha value is -0.220. The van der Waals surface area contributed by atoms with E-state index in [2.05, 4.69) is 40.4 Å². The molecule has 1 unspecified atom stereocenters. The highest BCUT2D eigenvalue weighted by Crippen LogP contribution is 1.94. The molecule has 74 valence electrons. The van der Waals surface area contributed by atoms with Crippen LogP contribution in [0.1, 0.15) is 5.56 Å². The Balaban J connectivity index is 0.000000252. The van der Waals surface area contributed by atoms with Crippen molar-refractivity contribution in [3.63, 3.8) is 0 Å². The highest BCUT2D eigenvalue weighted by Gasteiger charge is 1.98. The Kier molecular flexibility index (Phi) is 5.40. The summed E-state index contributed by atoms with van der Waals surface area (Å²) in [5.74, 6) is 0. The molecule has 1 rings (SSSR count). The van der Waals surface area contributed by atoms with Crippen molar-refractivity contribution in [1.29, 1.82) is 0 Å². The Labute approximate surface area is 80.8 Å². The molecule has 1 aromatic carbocycles. The van der Waals surface area contributed by atoms with Gasteiger partial charge in [0.15, 0.2) is 0 Å². The molecule has 0 heterocycles. The van der Waals surface area contributed by atoms with Crippen molar-refractivity contribution in [3.05, 3.63) is 29.8 Å². The zero-order valence-corrected chi connectivity index (χ0v) is 8.85. The summed E-state index contributed by atoms with van der Waals surface area (Å²) in [5.41, 5.74) is 1.32. The van der Waals surface area contributed by atoms with Gasteiger partial charge in [0.2, 0.25) is 0 Å². The first kappa shape index (κ1) is 12.8. The van der Waals surface area contributed by atoms with E-state index < -0.39 is 10.2 Å². The molecular weight excluding hydrogens is 214 g/mol. The molecule has 6 heteroatoms. The second-order valence-electron chi connectivity index (χ2n) is 2.31. The first-order valence-electron chi connectivity index (χ1n) is 3.24. The maximum atomic E-state index is 8.60. The van der Waals surface area contributed by atoms with Crippen LogP contribution < -0.4 is 19.3 Å². The van der Waals surface area contributed by atoms with Gasteiger partial charge in [-0.05, 0) is 12.2 Å². The Bertz CT molecular complexity index is 217. The van der Waals surface area contributed by atoms with Crippen LogP contribution in [-0.4, -0.2) is 4.66 Å². The number of benzene rings is 1.